The first-order chi connectivity index (χ1) is 9.39. The second kappa shape index (κ2) is 4.50. The van der Waals surface area contributed by atoms with Gasteiger partial charge in [-0.2, -0.15) is 0 Å². The van der Waals surface area contributed by atoms with Crippen LogP contribution in [0, 0.1) is 0 Å². The van der Waals surface area contributed by atoms with Crippen LogP contribution in [0.4, 0.5) is 0 Å². The van der Waals surface area contributed by atoms with Crippen molar-refractivity contribution in [1.82, 2.24) is 5.43 Å². The fourth-order valence-corrected chi connectivity index (χ4v) is 2.18. The molecule has 20 heavy (non-hydrogen) atoms. The predicted octanol–water partition coefficient (Wildman–Crippen LogP) is 1.55. The zero-order valence-electron chi connectivity index (χ0n) is 12.2. The summed E-state index contributed by atoms with van der Waals surface area (Å²) in [6.07, 6.45) is 1.20. The first kappa shape index (κ1) is 13.5. The van der Waals surface area contributed by atoms with E-state index in [0.29, 0.717) is 0 Å². The Hall–Kier alpha value is -1.53. The Morgan fingerprint density at radius 3 is 2.15 bits per heavy atom. The molecule has 2 aliphatic rings. The standard InChI is InChI=1S/C14H19BN2O3/c1-13(2)14(3,4)20-15(19-13)11-7-5-10(6-8-11)12-17-16-9-18-12/h5-9,12,17H,1-4H3. The van der Waals surface area contributed by atoms with E-state index in [-0.39, 0.29) is 24.5 Å². The third kappa shape index (κ3) is 2.19. The molecule has 0 saturated carbocycles. The van der Waals surface area contributed by atoms with Gasteiger partial charge in [-0.25, -0.2) is 0 Å². The Labute approximate surface area is 119 Å². The van der Waals surface area contributed by atoms with Crippen LogP contribution in [0.5, 0.6) is 0 Å². The first-order valence-electron chi connectivity index (χ1n) is 6.77. The largest absolute Gasteiger partial charge is 0.494 e. The number of ether oxygens (including phenoxy) is 1. The Balaban J connectivity index is 1.76. The number of nitrogens with one attached hydrogen (secondary N) is 1. The van der Waals surface area contributed by atoms with Crippen molar-refractivity contribution in [2.24, 2.45) is 5.10 Å². The van der Waals surface area contributed by atoms with Crippen LogP contribution in [0.3, 0.4) is 0 Å². The predicted molar refractivity (Wildman–Crippen MR) is 77.6 cm³/mol. The monoisotopic (exact) mass is 274 g/mol. The van der Waals surface area contributed by atoms with Crippen LogP contribution < -0.4 is 10.9 Å². The summed E-state index contributed by atoms with van der Waals surface area (Å²) in [5.74, 6) is 0. The zero-order chi connectivity index (χ0) is 14.4. The van der Waals surface area contributed by atoms with Crippen LogP contribution in [0.2, 0.25) is 0 Å². The molecule has 1 N–H and O–H groups in total. The lowest BCUT2D eigenvalue weighted by Crippen LogP contribution is -2.41. The molecule has 0 aromatic heterocycles. The van der Waals surface area contributed by atoms with Gasteiger partial charge in [-0.3, -0.25) is 5.43 Å². The number of rotatable bonds is 2. The van der Waals surface area contributed by atoms with Crippen LogP contribution in [0.1, 0.15) is 39.5 Å². The quantitative estimate of drug-likeness (QED) is 0.831. The number of hydrazone groups is 1. The van der Waals surface area contributed by atoms with Gasteiger partial charge in [-0.05, 0) is 33.2 Å². The average Bonchev–Trinajstić information content (AvgIpc) is 2.97. The van der Waals surface area contributed by atoms with Gasteiger partial charge in [0.05, 0.1) is 11.2 Å². The summed E-state index contributed by atoms with van der Waals surface area (Å²) in [5.41, 5.74) is 4.26. The fraction of sp³-hybridized carbons (Fsp3) is 0.500. The number of benzene rings is 1. The van der Waals surface area contributed by atoms with Crippen molar-refractivity contribution in [2.45, 2.75) is 45.1 Å². The lowest BCUT2D eigenvalue weighted by atomic mass is 9.79. The van der Waals surface area contributed by atoms with E-state index in [1.54, 1.807) is 0 Å². The van der Waals surface area contributed by atoms with E-state index < -0.39 is 0 Å². The van der Waals surface area contributed by atoms with Gasteiger partial charge in [-0.1, -0.05) is 24.3 Å². The molecular weight excluding hydrogens is 255 g/mol. The topological polar surface area (TPSA) is 52.1 Å². The first-order valence-corrected chi connectivity index (χ1v) is 6.77. The maximum Gasteiger partial charge on any atom is 0.494 e. The highest BCUT2D eigenvalue weighted by molar-refractivity contribution is 6.62. The van der Waals surface area contributed by atoms with Gasteiger partial charge < -0.3 is 14.0 Å². The van der Waals surface area contributed by atoms with Gasteiger partial charge in [0.1, 0.15) is 0 Å². The molecule has 6 heteroatoms. The Kier molecular flexibility index (Phi) is 3.03. The van der Waals surface area contributed by atoms with Crippen LogP contribution >= 0.6 is 0 Å². The van der Waals surface area contributed by atoms with Crippen molar-refractivity contribution in [3.8, 4) is 0 Å². The molecule has 0 bridgehead atoms. The molecule has 1 aromatic rings. The molecule has 1 unspecified atom stereocenters. The molecule has 1 atom stereocenters. The molecule has 1 fully saturated rings. The Morgan fingerprint density at radius 1 is 1.05 bits per heavy atom. The van der Waals surface area contributed by atoms with Crippen LogP contribution in [-0.4, -0.2) is 24.7 Å². The van der Waals surface area contributed by atoms with Gasteiger partial charge in [0.25, 0.3) is 0 Å². The molecule has 2 aliphatic heterocycles. The minimum absolute atomic E-state index is 0.206. The SMILES string of the molecule is CC1(C)OB(c2ccc(C3NN=CO3)cc2)OC1(C)C. The molecule has 1 aromatic carbocycles. The zero-order valence-corrected chi connectivity index (χ0v) is 12.2. The summed E-state index contributed by atoms with van der Waals surface area (Å²) in [7, 11) is -0.331. The highest BCUT2D eigenvalue weighted by Gasteiger charge is 2.51. The highest BCUT2D eigenvalue weighted by atomic mass is 16.7. The summed E-state index contributed by atoms with van der Waals surface area (Å²) < 4.78 is 17.3. The summed E-state index contributed by atoms with van der Waals surface area (Å²) in [6, 6.07) is 7.99. The lowest BCUT2D eigenvalue weighted by Gasteiger charge is -2.32. The third-order valence-corrected chi connectivity index (χ3v) is 4.21. The molecule has 0 spiro atoms. The third-order valence-electron chi connectivity index (χ3n) is 4.21. The molecule has 2 heterocycles. The molecule has 1 saturated heterocycles. The lowest BCUT2D eigenvalue weighted by molar-refractivity contribution is 0.00578. The van der Waals surface area contributed by atoms with E-state index in [1.165, 1.54) is 6.40 Å². The minimum Gasteiger partial charge on any atom is -0.453 e. The van der Waals surface area contributed by atoms with Gasteiger partial charge in [0, 0.05) is 5.56 Å². The van der Waals surface area contributed by atoms with Crippen LogP contribution in [0.15, 0.2) is 29.4 Å². The summed E-state index contributed by atoms with van der Waals surface area (Å²) >= 11 is 0. The van der Waals surface area contributed by atoms with Crippen LogP contribution in [-0.2, 0) is 14.0 Å². The van der Waals surface area contributed by atoms with E-state index in [9.17, 15) is 0 Å². The molecule has 0 aliphatic carbocycles. The second-order valence-electron chi connectivity index (χ2n) is 6.13. The summed E-state index contributed by atoms with van der Waals surface area (Å²) in [6.45, 7) is 8.20. The van der Waals surface area contributed by atoms with Crippen molar-refractivity contribution in [3.05, 3.63) is 29.8 Å². The van der Waals surface area contributed by atoms with Crippen molar-refractivity contribution < 1.29 is 14.0 Å². The van der Waals surface area contributed by atoms with Gasteiger partial charge in [0.2, 0.25) is 6.23 Å². The molecule has 0 amide bonds. The van der Waals surface area contributed by atoms with Gasteiger partial charge in [0.15, 0.2) is 6.40 Å². The van der Waals surface area contributed by atoms with E-state index in [4.69, 9.17) is 14.0 Å². The normalized spacial score (nSPS) is 26.4. The molecule has 106 valence electrons. The molecular formula is C14H19BN2O3. The van der Waals surface area contributed by atoms with Crippen molar-refractivity contribution in [2.75, 3.05) is 0 Å². The highest BCUT2D eigenvalue weighted by Crippen LogP contribution is 2.36. The van der Waals surface area contributed by atoms with E-state index in [1.807, 2.05) is 24.3 Å². The van der Waals surface area contributed by atoms with Crippen molar-refractivity contribution in [1.29, 1.82) is 0 Å². The molecule has 5 nitrogen and oxygen atoms in total. The Morgan fingerprint density at radius 2 is 1.65 bits per heavy atom. The number of hydrogen-bond donors (Lipinski definition) is 1. The summed E-state index contributed by atoms with van der Waals surface area (Å²) in [4.78, 5) is 0. The van der Waals surface area contributed by atoms with E-state index >= 15 is 0 Å². The van der Waals surface area contributed by atoms with Gasteiger partial charge >= 0.3 is 7.12 Å². The Bertz CT molecular complexity index is 504. The van der Waals surface area contributed by atoms with Gasteiger partial charge in [-0.15, -0.1) is 5.10 Å². The molecule has 0 radical (unpaired) electrons. The minimum atomic E-state index is -0.331. The van der Waals surface area contributed by atoms with Crippen LogP contribution in [0.25, 0.3) is 0 Å². The smallest absolute Gasteiger partial charge is 0.453 e. The molecule has 3 rings (SSSR count). The fourth-order valence-electron chi connectivity index (χ4n) is 2.18. The average molecular weight is 274 g/mol. The second-order valence-corrected chi connectivity index (χ2v) is 6.13. The summed E-state index contributed by atoms with van der Waals surface area (Å²) in [5, 5.41) is 3.83. The number of nitrogens with zero attached hydrogens (tertiary/aromatic N) is 1. The number of hydrogen-bond acceptors (Lipinski definition) is 5. The van der Waals surface area contributed by atoms with E-state index in [0.717, 1.165) is 11.0 Å². The maximum absolute atomic E-state index is 6.02. The maximum atomic E-state index is 6.02. The van der Waals surface area contributed by atoms with Crippen molar-refractivity contribution in [3.63, 3.8) is 0 Å². The van der Waals surface area contributed by atoms with Crippen molar-refractivity contribution >= 4 is 19.0 Å². The van der Waals surface area contributed by atoms with E-state index in [2.05, 4.69) is 38.2 Å².